The normalized spacial score (nSPS) is 16.6. The van der Waals surface area contributed by atoms with Crippen LogP contribution in [0, 0.1) is 0 Å². The highest BCUT2D eigenvalue weighted by Crippen LogP contribution is 2.64. The molecule has 0 spiro atoms. The third-order valence-electron chi connectivity index (χ3n) is 3.68. The van der Waals surface area contributed by atoms with E-state index in [-0.39, 0.29) is 0 Å². The average molecular weight is 512 g/mol. The van der Waals surface area contributed by atoms with Crippen LogP contribution >= 0.6 is 0 Å². The average Bonchev–Trinajstić information content (AvgIpc) is 2.59. The van der Waals surface area contributed by atoms with Gasteiger partial charge in [-0.05, 0) is 0 Å². The van der Waals surface area contributed by atoms with E-state index in [0.717, 1.165) is 0 Å². The van der Waals surface area contributed by atoms with E-state index < -0.39 is 66.5 Å². The molecule has 31 heavy (non-hydrogen) atoms. The van der Waals surface area contributed by atoms with Gasteiger partial charge in [0.1, 0.15) is 13.2 Å². The van der Waals surface area contributed by atoms with Crippen LogP contribution in [0.1, 0.15) is 0 Å². The molecule has 0 saturated carbocycles. The van der Waals surface area contributed by atoms with Gasteiger partial charge in [0.15, 0.2) is 0 Å². The SMILES string of the molecule is OCC(F)(F)C(F)(F)C(F)(F)C(F)(F)C(F)(F)C(F)(F)C(F)(F)C(F)(F)C(F)(F)CO. The number of rotatable bonds is 10. The van der Waals surface area contributed by atoms with Crippen LogP contribution < -0.4 is 0 Å². The van der Waals surface area contributed by atoms with E-state index in [2.05, 4.69) is 0 Å². The molecular formula is C11H6F18O2. The summed E-state index contributed by atoms with van der Waals surface area (Å²) in [4.78, 5) is 0. The maximum atomic E-state index is 13.3. The van der Waals surface area contributed by atoms with Crippen LogP contribution in [0.3, 0.4) is 0 Å². The van der Waals surface area contributed by atoms with Crippen molar-refractivity contribution in [1.29, 1.82) is 0 Å². The van der Waals surface area contributed by atoms with E-state index in [4.69, 9.17) is 10.2 Å². The van der Waals surface area contributed by atoms with Crippen molar-refractivity contribution in [3.63, 3.8) is 0 Å². The van der Waals surface area contributed by atoms with Crippen molar-refractivity contribution < 1.29 is 89.2 Å². The fourth-order valence-corrected chi connectivity index (χ4v) is 1.64. The smallest absolute Gasteiger partial charge is 0.385 e. The highest BCUT2D eigenvalue weighted by Gasteiger charge is 2.96. The molecule has 0 bridgehead atoms. The van der Waals surface area contributed by atoms with E-state index >= 15 is 0 Å². The molecule has 0 aromatic heterocycles. The van der Waals surface area contributed by atoms with Crippen molar-refractivity contribution >= 4 is 0 Å². The van der Waals surface area contributed by atoms with Gasteiger partial charge in [-0.3, -0.25) is 0 Å². The minimum absolute atomic E-state index is 3.52. The molecule has 0 aromatic carbocycles. The van der Waals surface area contributed by atoms with E-state index in [1.54, 1.807) is 0 Å². The summed E-state index contributed by atoms with van der Waals surface area (Å²) in [6.45, 7) is -7.05. The Labute approximate surface area is 157 Å². The highest BCUT2D eigenvalue weighted by atomic mass is 19.4. The molecule has 0 atom stereocenters. The van der Waals surface area contributed by atoms with Gasteiger partial charge in [0.25, 0.3) is 0 Å². The summed E-state index contributed by atoms with van der Waals surface area (Å²) in [6.07, 6.45) is 0. The molecule has 0 aromatic rings. The van der Waals surface area contributed by atoms with Crippen molar-refractivity contribution in [2.24, 2.45) is 0 Å². The molecule has 188 valence electrons. The van der Waals surface area contributed by atoms with Gasteiger partial charge in [-0.2, -0.15) is 79.0 Å². The lowest BCUT2D eigenvalue weighted by atomic mass is 9.86. The molecule has 0 heterocycles. The first kappa shape index (κ1) is 29.7. The summed E-state index contributed by atoms with van der Waals surface area (Å²) in [7, 11) is 0. The zero-order valence-electron chi connectivity index (χ0n) is 13.6. The minimum Gasteiger partial charge on any atom is -0.390 e. The number of hydrogen-bond acceptors (Lipinski definition) is 2. The largest absolute Gasteiger partial charge is 0.390 e. The summed E-state index contributed by atoms with van der Waals surface area (Å²) in [5.41, 5.74) is 0. The van der Waals surface area contributed by atoms with Gasteiger partial charge in [-0.1, -0.05) is 0 Å². The Morgan fingerprint density at radius 3 is 0.548 bits per heavy atom. The molecule has 0 unspecified atom stereocenters. The van der Waals surface area contributed by atoms with E-state index in [0.29, 0.717) is 0 Å². The van der Waals surface area contributed by atoms with E-state index in [1.807, 2.05) is 0 Å². The quantitative estimate of drug-likeness (QED) is 0.418. The first-order valence-corrected chi connectivity index (χ1v) is 6.74. The third kappa shape index (κ3) is 3.47. The predicted octanol–water partition coefficient (Wildman–Crippen LogP) is 4.69. The summed E-state index contributed by atoms with van der Waals surface area (Å²) < 4.78 is 234. The monoisotopic (exact) mass is 512 g/mol. The molecule has 20 heteroatoms. The lowest BCUT2D eigenvalue weighted by molar-refractivity contribution is -0.463. The number of aliphatic hydroxyl groups excluding tert-OH is 2. The number of alkyl halides is 18. The van der Waals surface area contributed by atoms with Gasteiger partial charge in [-0.25, -0.2) is 0 Å². The molecule has 0 radical (unpaired) electrons. The maximum Gasteiger partial charge on any atom is 0.385 e. The molecular weight excluding hydrogens is 506 g/mol. The topological polar surface area (TPSA) is 40.5 Å². The molecule has 0 aliphatic heterocycles. The van der Waals surface area contributed by atoms with Gasteiger partial charge in [0.05, 0.1) is 0 Å². The standard InChI is InChI=1S/C11H6F18O2/c12-3(13,1-30)5(16,17)7(20,21)9(24,25)11(28,29)10(26,27)8(22,23)6(18,19)4(14,15)2-31/h30-31H,1-2H2. The van der Waals surface area contributed by atoms with Crippen LogP contribution in [-0.4, -0.2) is 76.7 Å². The van der Waals surface area contributed by atoms with Crippen molar-refractivity contribution in [2.75, 3.05) is 13.2 Å². The molecule has 0 aliphatic rings. The van der Waals surface area contributed by atoms with Crippen LogP contribution in [0.15, 0.2) is 0 Å². The maximum absolute atomic E-state index is 13.3. The minimum atomic E-state index is -8.85. The van der Waals surface area contributed by atoms with Gasteiger partial charge < -0.3 is 10.2 Å². The second kappa shape index (κ2) is 7.34. The Bertz CT molecular complexity index is 599. The zero-order chi connectivity index (χ0) is 25.9. The second-order valence-electron chi connectivity index (χ2n) is 5.75. The fourth-order valence-electron chi connectivity index (χ4n) is 1.64. The Kier molecular flexibility index (Phi) is 7.02. The molecule has 0 fully saturated rings. The van der Waals surface area contributed by atoms with Crippen LogP contribution in [0.2, 0.25) is 0 Å². The molecule has 2 N–H and O–H groups in total. The van der Waals surface area contributed by atoms with Crippen molar-refractivity contribution in [3.8, 4) is 0 Å². The van der Waals surface area contributed by atoms with Crippen molar-refractivity contribution in [2.45, 2.75) is 53.3 Å². The second-order valence-corrected chi connectivity index (χ2v) is 5.75. The molecule has 0 rings (SSSR count). The van der Waals surface area contributed by atoms with Crippen LogP contribution in [0.4, 0.5) is 79.0 Å². The Balaban J connectivity index is 6.89. The van der Waals surface area contributed by atoms with Gasteiger partial charge in [0.2, 0.25) is 0 Å². The number of halogens is 18. The molecule has 0 aliphatic carbocycles. The zero-order valence-corrected chi connectivity index (χ0v) is 13.6. The molecule has 2 nitrogen and oxygen atoms in total. The summed E-state index contributed by atoms with van der Waals surface area (Å²) in [5, 5.41) is 15.6. The van der Waals surface area contributed by atoms with Crippen LogP contribution in [0.5, 0.6) is 0 Å². The Hall–Kier alpha value is -1.34. The van der Waals surface area contributed by atoms with Crippen LogP contribution in [-0.2, 0) is 0 Å². The van der Waals surface area contributed by atoms with Crippen molar-refractivity contribution in [1.82, 2.24) is 0 Å². The summed E-state index contributed by atoms with van der Waals surface area (Å²) in [6, 6.07) is 0. The van der Waals surface area contributed by atoms with Gasteiger partial charge in [-0.15, -0.1) is 0 Å². The lowest BCUT2D eigenvalue weighted by Gasteiger charge is -2.44. The molecule has 0 amide bonds. The van der Waals surface area contributed by atoms with E-state index in [9.17, 15) is 79.0 Å². The fraction of sp³-hybridized carbons (Fsp3) is 1.00. The first-order valence-electron chi connectivity index (χ1n) is 6.74. The Morgan fingerprint density at radius 2 is 0.419 bits per heavy atom. The third-order valence-corrected chi connectivity index (χ3v) is 3.68. The van der Waals surface area contributed by atoms with E-state index in [1.165, 1.54) is 0 Å². The van der Waals surface area contributed by atoms with Crippen LogP contribution in [0.25, 0.3) is 0 Å². The van der Waals surface area contributed by atoms with Gasteiger partial charge >= 0.3 is 53.3 Å². The molecule has 0 saturated heterocycles. The Morgan fingerprint density at radius 1 is 0.290 bits per heavy atom. The predicted molar refractivity (Wildman–Crippen MR) is 58.7 cm³/mol. The number of hydrogen-bond donors (Lipinski definition) is 2. The first-order chi connectivity index (χ1) is 13.1. The van der Waals surface area contributed by atoms with Gasteiger partial charge in [0, 0.05) is 0 Å². The highest BCUT2D eigenvalue weighted by molar-refractivity contribution is 5.17. The lowest BCUT2D eigenvalue weighted by Crippen LogP contribution is -2.76. The number of aliphatic hydroxyl groups is 2. The summed E-state index contributed by atoms with van der Waals surface area (Å²) >= 11 is 0. The van der Waals surface area contributed by atoms with Crippen molar-refractivity contribution in [3.05, 3.63) is 0 Å². The summed E-state index contributed by atoms with van der Waals surface area (Å²) in [5.74, 6) is -72.8.